The van der Waals surface area contributed by atoms with Crippen LogP contribution >= 0.6 is 0 Å². The van der Waals surface area contributed by atoms with Crippen molar-refractivity contribution < 1.29 is 23.4 Å². The Bertz CT molecular complexity index is 616. The zero-order valence-electron chi connectivity index (χ0n) is 11.4. The predicted octanol–water partition coefficient (Wildman–Crippen LogP) is 3.86. The highest BCUT2D eigenvalue weighted by Crippen LogP contribution is 2.32. The van der Waals surface area contributed by atoms with Crippen molar-refractivity contribution in [2.24, 2.45) is 0 Å². The fourth-order valence-electron chi connectivity index (χ4n) is 2.18. The molecule has 0 saturated carbocycles. The van der Waals surface area contributed by atoms with Crippen LogP contribution in [-0.2, 0) is 18.2 Å². The SMILES string of the molecule is CC(O)(Cc1cccc(C(F)(F)F)c1)c1ccc(O)cc1. The normalized spacial score (nSPS) is 14.7. The van der Waals surface area contributed by atoms with E-state index in [-0.39, 0.29) is 12.2 Å². The summed E-state index contributed by atoms with van der Waals surface area (Å²) in [7, 11) is 0. The van der Waals surface area contributed by atoms with Crippen molar-refractivity contribution >= 4 is 0 Å². The third-order valence-electron chi connectivity index (χ3n) is 3.29. The smallest absolute Gasteiger partial charge is 0.416 e. The summed E-state index contributed by atoms with van der Waals surface area (Å²) in [5, 5.41) is 19.7. The number of phenolic OH excluding ortho intramolecular Hbond substituents is 1. The lowest BCUT2D eigenvalue weighted by molar-refractivity contribution is -0.137. The van der Waals surface area contributed by atoms with Gasteiger partial charge < -0.3 is 10.2 Å². The number of hydrogen-bond acceptors (Lipinski definition) is 2. The number of alkyl halides is 3. The van der Waals surface area contributed by atoms with Gasteiger partial charge in [0.05, 0.1) is 11.2 Å². The molecular formula is C16H15F3O2. The molecule has 2 aromatic carbocycles. The van der Waals surface area contributed by atoms with E-state index in [2.05, 4.69) is 0 Å². The lowest BCUT2D eigenvalue weighted by atomic mass is 9.88. The Hall–Kier alpha value is -2.01. The van der Waals surface area contributed by atoms with E-state index in [0.717, 1.165) is 12.1 Å². The monoisotopic (exact) mass is 296 g/mol. The summed E-state index contributed by atoms with van der Waals surface area (Å²) < 4.78 is 38.0. The van der Waals surface area contributed by atoms with Crippen LogP contribution in [0.15, 0.2) is 48.5 Å². The first kappa shape index (κ1) is 15.4. The maximum Gasteiger partial charge on any atom is 0.416 e. The molecule has 0 saturated heterocycles. The molecular weight excluding hydrogens is 281 g/mol. The summed E-state index contributed by atoms with van der Waals surface area (Å²) in [5.74, 6) is 0.0635. The third-order valence-corrected chi connectivity index (χ3v) is 3.29. The van der Waals surface area contributed by atoms with Crippen molar-refractivity contribution in [1.29, 1.82) is 0 Å². The highest BCUT2D eigenvalue weighted by atomic mass is 19.4. The molecule has 0 amide bonds. The van der Waals surface area contributed by atoms with Gasteiger partial charge in [0.15, 0.2) is 0 Å². The Morgan fingerprint density at radius 1 is 0.952 bits per heavy atom. The Labute approximate surface area is 120 Å². The van der Waals surface area contributed by atoms with Crippen molar-refractivity contribution in [3.63, 3.8) is 0 Å². The van der Waals surface area contributed by atoms with Crippen molar-refractivity contribution in [1.82, 2.24) is 0 Å². The van der Waals surface area contributed by atoms with Gasteiger partial charge in [-0.25, -0.2) is 0 Å². The van der Waals surface area contributed by atoms with E-state index in [1.165, 1.54) is 25.1 Å². The maximum absolute atomic E-state index is 12.7. The topological polar surface area (TPSA) is 40.5 Å². The molecule has 112 valence electrons. The standard InChI is InChI=1S/C16H15F3O2/c1-15(21,12-5-7-14(20)8-6-12)10-11-3-2-4-13(9-11)16(17,18)19/h2-9,20-21H,10H2,1H3. The van der Waals surface area contributed by atoms with Crippen LogP contribution in [0.3, 0.4) is 0 Å². The van der Waals surface area contributed by atoms with E-state index < -0.39 is 17.3 Å². The molecule has 1 unspecified atom stereocenters. The van der Waals surface area contributed by atoms with Gasteiger partial charge in [-0.1, -0.05) is 30.3 Å². The van der Waals surface area contributed by atoms with Crippen LogP contribution in [0.1, 0.15) is 23.6 Å². The molecule has 1 atom stereocenters. The highest BCUT2D eigenvalue weighted by Gasteiger charge is 2.31. The quantitative estimate of drug-likeness (QED) is 0.903. The Kier molecular flexibility index (Phi) is 3.96. The lowest BCUT2D eigenvalue weighted by Gasteiger charge is -2.24. The predicted molar refractivity (Wildman–Crippen MR) is 72.8 cm³/mol. The molecule has 0 spiro atoms. The van der Waals surface area contributed by atoms with Crippen LogP contribution in [0.2, 0.25) is 0 Å². The summed E-state index contributed by atoms with van der Waals surface area (Å²) in [4.78, 5) is 0. The molecule has 2 N–H and O–H groups in total. The van der Waals surface area contributed by atoms with Crippen molar-refractivity contribution in [2.75, 3.05) is 0 Å². The average Bonchev–Trinajstić information content (AvgIpc) is 2.38. The average molecular weight is 296 g/mol. The van der Waals surface area contributed by atoms with Crippen molar-refractivity contribution in [3.05, 3.63) is 65.2 Å². The molecule has 0 aliphatic heterocycles. The Morgan fingerprint density at radius 2 is 1.57 bits per heavy atom. The van der Waals surface area contributed by atoms with Crippen molar-refractivity contribution in [2.45, 2.75) is 25.1 Å². The van der Waals surface area contributed by atoms with Gasteiger partial charge in [0.2, 0.25) is 0 Å². The minimum absolute atomic E-state index is 0.0433. The molecule has 0 fully saturated rings. The summed E-state index contributed by atoms with van der Waals surface area (Å²) in [6.07, 6.45) is -4.36. The summed E-state index contributed by atoms with van der Waals surface area (Å²) in [5.41, 5.74) is -1.14. The van der Waals surface area contributed by atoms with E-state index in [4.69, 9.17) is 0 Å². The second-order valence-electron chi connectivity index (χ2n) is 5.20. The summed E-state index contributed by atoms with van der Waals surface area (Å²) in [6.45, 7) is 1.53. The zero-order valence-corrected chi connectivity index (χ0v) is 11.4. The van der Waals surface area contributed by atoms with Gasteiger partial charge in [0.25, 0.3) is 0 Å². The number of rotatable bonds is 3. The largest absolute Gasteiger partial charge is 0.508 e. The van der Waals surface area contributed by atoms with E-state index in [9.17, 15) is 23.4 Å². The molecule has 2 nitrogen and oxygen atoms in total. The molecule has 2 rings (SSSR count). The molecule has 0 bridgehead atoms. The molecule has 5 heteroatoms. The van der Waals surface area contributed by atoms with Gasteiger partial charge in [-0.2, -0.15) is 13.2 Å². The minimum Gasteiger partial charge on any atom is -0.508 e. The number of hydrogen-bond donors (Lipinski definition) is 2. The van der Waals surface area contributed by atoms with Crippen LogP contribution in [0.4, 0.5) is 13.2 Å². The van der Waals surface area contributed by atoms with Crippen LogP contribution < -0.4 is 0 Å². The molecule has 2 aromatic rings. The first-order valence-corrected chi connectivity index (χ1v) is 6.36. The molecule has 0 aromatic heterocycles. The van der Waals surface area contributed by atoms with Gasteiger partial charge in [-0.05, 0) is 36.2 Å². The number of halogens is 3. The summed E-state index contributed by atoms with van der Waals surface area (Å²) >= 11 is 0. The van der Waals surface area contributed by atoms with Gasteiger partial charge in [-0.15, -0.1) is 0 Å². The number of aliphatic hydroxyl groups is 1. The van der Waals surface area contributed by atoms with Gasteiger partial charge in [-0.3, -0.25) is 0 Å². The first-order chi connectivity index (χ1) is 9.68. The van der Waals surface area contributed by atoms with Gasteiger partial charge in [0, 0.05) is 6.42 Å². The second kappa shape index (κ2) is 5.41. The number of phenols is 1. The van der Waals surface area contributed by atoms with Gasteiger partial charge in [0.1, 0.15) is 5.75 Å². The van der Waals surface area contributed by atoms with Crippen molar-refractivity contribution in [3.8, 4) is 5.75 Å². The molecule has 0 aliphatic rings. The molecule has 0 aliphatic carbocycles. The second-order valence-corrected chi connectivity index (χ2v) is 5.20. The van der Waals surface area contributed by atoms with E-state index in [0.29, 0.717) is 11.1 Å². The number of aromatic hydroxyl groups is 1. The van der Waals surface area contributed by atoms with Crippen LogP contribution in [-0.4, -0.2) is 10.2 Å². The third kappa shape index (κ3) is 3.76. The highest BCUT2D eigenvalue weighted by molar-refractivity contribution is 5.32. The Morgan fingerprint density at radius 3 is 2.14 bits per heavy atom. The lowest BCUT2D eigenvalue weighted by Crippen LogP contribution is -2.24. The fraction of sp³-hybridized carbons (Fsp3) is 0.250. The summed E-state index contributed by atoms with van der Waals surface area (Å²) in [6, 6.07) is 10.8. The molecule has 0 heterocycles. The van der Waals surface area contributed by atoms with Crippen LogP contribution in [0.5, 0.6) is 5.75 Å². The van der Waals surface area contributed by atoms with Crippen LogP contribution in [0, 0.1) is 0 Å². The van der Waals surface area contributed by atoms with E-state index in [1.54, 1.807) is 18.2 Å². The Balaban J connectivity index is 2.26. The zero-order chi connectivity index (χ0) is 15.7. The van der Waals surface area contributed by atoms with Gasteiger partial charge >= 0.3 is 6.18 Å². The molecule has 21 heavy (non-hydrogen) atoms. The first-order valence-electron chi connectivity index (χ1n) is 6.36. The maximum atomic E-state index is 12.7. The van der Waals surface area contributed by atoms with Crippen LogP contribution in [0.25, 0.3) is 0 Å². The fourth-order valence-corrected chi connectivity index (χ4v) is 2.18. The van der Waals surface area contributed by atoms with E-state index in [1.807, 2.05) is 0 Å². The molecule has 0 radical (unpaired) electrons. The van der Waals surface area contributed by atoms with E-state index >= 15 is 0 Å². The number of benzene rings is 2. The minimum atomic E-state index is -4.40.